The lowest BCUT2D eigenvalue weighted by Gasteiger charge is -2.46. The third kappa shape index (κ3) is 4.25. The maximum absolute atomic E-state index is 13.4. The van der Waals surface area contributed by atoms with Gasteiger partial charge in [0.1, 0.15) is 11.4 Å². The van der Waals surface area contributed by atoms with Gasteiger partial charge in [0.2, 0.25) is 5.91 Å². The molecule has 0 aromatic heterocycles. The summed E-state index contributed by atoms with van der Waals surface area (Å²) in [6.07, 6.45) is 1.41. The van der Waals surface area contributed by atoms with E-state index in [9.17, 15) is 14.0 Å². The zero-order valence-corrected chi connectivity index (χ0v) is 16.8. The molecule has 1 aromatic carbocycles. The molecular formula is C21H29FN2O3. The molecule has 2 amide bonds. The predicted molar refractivity (Wildman–Crippen MR) is 101 cm³/mol. The van der Waals surface area contributed by atoms with Crippen LogP contribution < -0.4 is 0 Å². The lowest BCUT2D eigenvalue weighted by molar-refractivity contribution is -0.142. The van der Waals surface area contributed by atoms with E-state index in [1.807, 2.05) is 39.5 Å². The van der Waals surface area contributed by atoms with Crippen molar-refractivity contribution < 1.29 is 18.7 Å². The number of hydrogen-bond donors (Lipinski definition) is 0. The topological polar surface area (TPSA) is 49.9 Å². The largest absolute Gasteiger partial charge is 0.444 e. The Balaban J connectivity index is 1.89. The smallest absolute Gasteiger partial charge is 0.410 e. The van der Waals surface area contributed by atoms with Gasteiger partial charge in [0.05, 0.1) is 6.04 Å². The van der Waals surface area contributed by atoms with Crippen molar-refractivity contribution in [1.82, 2.24) is 9.80 Å². The minimum Gasteiger partial charge on any atom is -0.444 e. The van der Waals surface area contributed by atoms with Gasteiger partial charge in [0.15, 0.2) is 0 Å². The summed E-state index contributed by atoms with van der Waals surface area (Å²) >= 11 is 0. The molecule has 148 valence electrons. The van der Waals surface area contributed by atoms with Gasteiger partial charge in [-0.25, -0.2) is 9.18 Å². The molecule has 0 radical (unpaired) electrons. The Morgan fingerprint density at radius 2 is 1.70 bits per heavy atom. The van der Waals surface area contributed by atoms with Crippen LogP contribution in [-0.2, 0) is 9.53 Å². The van der Waals surface area contributed by atoms with Gasteiger partial charge in [-0.05, 0) is 58.2 Å². The summed E-state index contributed by atoms with van der Waals surface area (Å²) in [6.45, 7) is 10.2. The number of nitrogens with zero attached hydrogens (tertiary/aromatic N) is 2. The molecule has 0 N–H and O–H groups in total. The van der Waals surface area contributed by atoms with Crippen LogP contribution in [0.25, 0.3) is 0 Å². The number of rotatable bonds is 2. The summed E-state index contributed by atoms with van der Waals surface area (Å²) in [7, 11) is 0. The van der Waals surface area contributed by atoms with Gasteiger partial charge < -0.3 is 9.64 Å². The fraction of sp³-hybridized carbons (Fsp3) is 0.619. The second kappa shape index (κ2) is 6.80. The number of halogens is 1. The van der Waals surface area contributed by atoms with E-state index in [1.54, 1.807) is 17.0 Å². The van der Waals surface area contributed by atoms with E-state index in [-0.39, 0.29) is 29.2 Å². The molecule has 2 atom stereocenters. The van der Waals surface area contributed by atoms with Crippen LogP contribution in [0.5, 0.6) is 0 Å². The fourth-order valence-corrected chi connectivity index (χ4v) is 3.50. The van der Waals surface area contributed by atoms with E-state index in [2.05, 4.69) is 0 Å². The number of amides is 2. The van der Waals surface area contributed by atoms with E-state index >= 15 is 0 Å². The molecule has 5 nitrogen and oxygen atoms in total. The van der Waals surface area contributed by atoms with Crippen molar-refractivity contribution in [2.75, 3.05) is 13.1 Å². The minimum absolute atomic E-state index is 0.0980. The summed E-state index contributed by atoms with van der Waals surface area (Å²) in [5, 5.41) is 0. The van der Waals surface area contributed by atoms with E-state index in [0.29, 0.717) is 13.1 Å². The molecule has 6 heteroatoms. The third-order valence-corrected chi connectivity index (χ3v) is 5.40. The Morgan fingerprint density at radius 3 is 2.22 bits per heavy atom. The molecule has 1 aliphatic carbocycles. The van der Waals surface area contributed by atoms with Crippen LogP contribution >= 0.6 is 0 Å². The van der Waals surface area contributed by atoms with Crippen molar-refractivity contribution in [1.29, 1.82) is 0 Å². The maximum atomic E-state index is 13.4. The molecule has 1 saturated carbocycles. The van der Waals surface area contributed by atoms with E-state index < -0.39 is 11.7 Å². The van der Waals surface area contributed by atoms with Gasteiger partial charge in [-0.1, -0.05) is 19.1 Å². The van der Waals surface area contributed by atoms with Gasteiger partial charge in [0.25, 0.3) is 0 Å². The first-order chi connectivity index (χ1) is 12.5. The van der Waals surface area contributed by atoms with Crippen LogP contribution in [0.3, 0.4) is 0 Å². The first kappa shape index (κ1) is 19.6. The zero-order valence-electron chi connectivity index (χ0n) is 16.8. The molecule has 1 heterocycles. The Bertz CT molecular complexity index is 722. The summed E-state index contributed by atoms with van der Waals surface area (Å²) in [6, 6.07) is 5.66. The molecule has 0 bridgehead atoms. The van der Waals surface area contributed by atoms with Gasteiger partial charge >= 0.3 is 6.09 Å². The van der Waals surface area contributed by atoms with Crippen molar-refractivity contribution >= 4 is 12.0 Å². The number of piperazine rings is 1. The molecule has 0 spiro atoms. The van der Waals surface area contributed by atoms with Crippen molar-refractivity contribution in [2.45, 2.75) is 65.1 Å². The SMILES string of the molecule is C[C@H]1CN(C(=O)OC(C)(C)C)[C@H](c2ccc(F)cc2)CN1C(=O)C1(C)CC1. The number of carbonyl (C=O) groups excluding carboxylic acids is 2. The highest BCUT2D eigenvalue weighted by Crippen LogP contribution is 2.47. The first-order valence-electron chi connectivity index (χ1n) is 9.56. The molecule has 1 aromatic rings. The van der Waals surface area contributed by atoms with Gasteiger partial charge in [-0.15, -0.1) is 0 Å². The molecule has 27 heavy (non-hydrogen) atoms. The van der Waals surface area contributed by atoms with Crippen molar-refractivity contribution in [3.63, 3.8) is 0 Å². The number of benzene rings is 1. The van der Waals surface area contributed by atoms with E-state index in [1.165, 1.54) is 12.1 Å². The monoisotopic (exact) mass is 376 g/mol. The number of ether oxygens (including phenoxy) is 1. The standard InChI is InChI=1S/C21H29FN2O3/c1-14-12-24(19(26)27-20(2,3)4)17(15-6-8-16(22)9-7-15)13-23(14)18(25)21(5)10-11-21/h6-9,14,17H,10-13H2,1-5H3/t14-,17-/m0/s1. The quantitative estimate of drug-likeness (QED) is 0.780. The van der Waals surface area contributed by atoms with E-state index in [4.69, 9.17) is 4.74 Å². The van der Waals surface area contributed by atoms with Crippen LogP contribution in [0.1, 0.15) is 59.1 Å². The highest BCUT2D eigenvalue weighted by molar-refractivity contribution is 5.85. The van der Waals surface area contributed by atoms with Gasteiger partial charge in [-0.3, -0.25) is 9.69 Å². The van der Waals surface area contributed by atoms with Crippen LogP contribution in [-0.4, -0.2) is 46.5 Å². The van der Waals surface area contributed by atoms with Gasteiger partial charge in [0, 0.05) is 24.5 Å². The average Bonchev–Trinajstić information content (AvgIpc) is 3.32. The minimum atomic E-state index is -0.609. The summed E-state index contributed by atoms with van der Waals surface area (Å²) < 4.78 is 19.0. The zero-order chi connectivity index (χ0) is 20.0. The average molecular weight is 376 g/mol. The van der Waals surface area contributed by atoms with Crippen LogP contribution in [0.4, 0.5) is 9.18 Å². The third-order valence-electron chi connectivity index (χ3n) is 5.40. The Labute approximate surface area is 160 Å². The highest BCUT2D eigenvalue weighted by Gasteiger charge is 2.50. The Morgan fingerprint density at radius 1 is 1.11 bits per heavy atom. The molecule has 2 aliphatic rings. The van der Waals surface area contributed by atoms with Crippen LogP contribution in [0, 0.1) is 11.2 Å². The summed E-state index contributed by atoms with van der Waals surface area (Å²) in [4.78, 5) is 29.3. The van der Waals surface area contributed by atoms with Crippen LogP contribution in [0.15, 0.2) is 24.3 Å². The molecule has 1 aliphatic heterocycles. The lowest BCUT2D eigenvalue weighted by Crippen LogP contribution is -2.58. The fourth-order valence-electron chi connectivity index (χ4n) is 3.50. The maximum Gasteiger partial charge on any atom is 0.410 e. The summed E-state index contributed by atoms with van der Waals surface area (Å²) in [5.41, 5.74) is -0.0782. The van der Waals surface area contributed by atoms with Crippen molar-refractivity contribution in [2.24, 2.45) is 5.41 Å². The van der Waals surface area contributed by atoms with Crippen molar-refractivity contribution in [3.05, 3.63) is 35.6 Å². The van der Waals surface area contributed by atoms with Crippen LogP contribution in [0.2, 0.25) is 0 Å². The second-order valence-electron chi connectivity index (χ2n) is 9.07. The molecule has 3 rings (SSSR count). The van der Waals surface area contributed by atoms with Gasteiger partial charge in [-0.2, -0.15) is 0 Å². The molecule has 2 fully saturated rings. The Kier molecular flexibility index (Phi) is 4.95. The predicted octanol–water partition coefficient (Wildman–Crippen LogP) is 4.13. The summed E-state index contributed by atoms with van der Waals surface area (Å²) in [5.74, 6) is -0.184. The van der Waals surface area contributed by atoms with Crippen molar-refractivity contribution in [3.8, 4) is 0 Å². The normalized spacial score (nSPS) is 24.5. The molecule has 0 unspecified atom stereocenters. The highest BCUT2D eigenvalue weighted by atomic mass is 19.1. The molecular weight excluding hydrogens is 347 g/mol. The lowest BCUT2D eigenvalue weighted by atomic mass is 9.97. The second-order valence-corrected chi connectivity index (χ2v) is 9.07. The van der Waals surface area contributed by atoms with E-state index in [0.717, 1.165) is 18.4 Å². The number of hydrogen-bond acceptors (Lipinski definition) is 3. The first-order valence-corrected chi connectivity index (χ1v) is 9.56. The Hall–Kier alpha value is -2.11. The number of carbonyl (C=O) groups is 2. The molecule has 1 saturated heterocycles.